The first-order chi connectivity index (χ1) is 15.4. The number of ether oxygens (including phenoxy) is 2. The summed E-state index contributed by atoms with van der Waals surface area (Å²) >= 11 is 0. The average Bonchev–Trinajstić information content (AvgIpc) is 3.16. The third kappa shape index (κ3) is 2.39. The lowest BCUT2D eigenvalue weighted by Gasteiger charge is -2.28. The van der Waals surface area contributed by atoms with E-state index in [1.54, 1.807) is 4.57 Å². The Bertz CT molecular complexity index is 1410. The van der Waals surface area contributed by atoms with Gasteiger partial charge in [-0.2, -0.15) is 0 Å². The number of rotatable bonds is 2. The van der Waals surface area contributed by atoms with Crippen LogP contribution in [0.2, 0.25) is 0 Å². The monoisotopic (exact) mass is 435 g/mol. The zero-order valence-corrected chi connectivity index (χ0v) is 18.0. The molecule has 0 radical (unpaired) electrons. The maximum atomic E-state index is 14.7. The van der Waals surface area contributed by atoms with Gasteiger partial charge in [0.25, 0.3) is 5.56 Å². The maximum absolute atomic E-state index is 14.7. The van der Waals surface area contributed by atoms with Gasteiger partial charge in [-0.25, -0.2) is 14.2 Å². The minimum Gasteiger partial charge on any atom is -0.458 e. The molecule has 3 aliphatic rings. The molecule has 0 spiro atoms. The van der Waals surface area contributed by atoms with Crippen molar-refractivity contribution in [3.8, 4) is 11.4 Å². The molecule has 1 aliphatic carbocycles. The highest BCUT2D eigenvalue weighted by atomic mass is 19.1. The van der Waals surface area contributed by atoms with Gasteiger partial charge in [0.2, 0.25) is 0 Å². The number of benzene rings is 1. The topological polar surface area (TPSA) is 82.5 Å². The summed E-state index contributed by atoms with van der Waals surface area (Å²) in [7, 11) is 3.34. The second-order valence-electron chi connectivity index (χ2n) is 8.67. The number of esters is 1. The number of carbonyl (C=O) groups excluding carboxylic acids is 1. The minimum absolute atomic E-state index is 0.0700. The predicted octanol–water partition coefficient (Wildman–Crippen LogP) is 2.82. The van der Waals surface area contributed by atoms with Crippen molar-refractivity contribution in [1.82, 2.24) is 14.9 Å². The van der Waals surface area contributed by atoms with Crippen LogP contribution in [-0.4, -0.2) is 29.7 Å². The maximum Gasteiger partial charge on any atom is 0.340 e. The predicted molar refractivity (Wildman–Crippen MR) is 115 cm³/mol. The molecule has 0 saturated heterocycles. The van der Waals surface area contributed by atoms with Crippen LogP contribution in [0.3, 0.4) is 0 Å². The lowest BCUT2D eigenvalue weighted by molar-refractivity contribution is -0.159. The summed E-state index contributed by atoms with van der Waals surface area (Å²) in [5, 5.41) is 4.39. The first-order valence-corrected chi connectivity index (χ1v) is 10.7. The molecule has 7 nitrogen and oxygen atoms in total. The van der Waals surface area contributed by atoms with Gasteiger partial charge in [-0.05, 0) is 49.6 Å². The van der Waals surface area contributed by atoms with E-state index in [1.165, 1.54) is 13.2 Å². The number of hydrogen-bond donors (Lipinski definition) is 1. The van der Waals surface area contributed by atoms with Crippen molar-refractivity contribution in [3.63, 3.8) is 0 Å². The molecule has 2 aromatic heterocycles. The standard InChI is InChI=1S/C24H22FN3O4/c1-10-11-4-5-16(26-2)20-13-8-28-18(21(13)27-17(19(11)20)7-15(10)25)6-12-14(23(28)29)9-32-24(30)22(12)31-3/h6-7,16,22,26H,4-5,8-9H2,1-3H3/t16-,22?/m0/s1. The van der Waals surface area contributed by atoms with E-state index in [2.05, 4.69) is 5.32 Å². The Balaban J connectivity index is 1.69. The van der Waals surface area contributed by atoms with Crippen molar-refractivity contribution in [2.75, 3.05) is 14.2 Å². The summed E-state index contributed by atoms with van der Waals surface area (Å²) in [5.74, 6) is -0.779. The molecule has 1 aromatic carbocycles. The van der Waals surface area contributed by atoms with Gasteiger partial charge in [0.1, 0.15) is 12.4 Å². The highest BCUT2D eigenvalue weighted by Gasteiger charge is 2.37. The van der Waals surface area contributed by atoms with Gasteiger partial charge < -0.3 is 19.4 Å². The fourth-order valence-electron chi connectivity index (χ4n) is 5.60. The van der Waals surface area contributed by atoms with Gasteiger partial charge in [-0.15, -0.1) is 0 Å². The van der Waals surface area contributed by atoms with Crippen LogP contribution >= 0.6 is 0 Å². The van der Waals surface area contributed by atoms with E-state index in [4.69, 9.17) is 14.5 Å². The van der Waals surface area contributed by atoms with Gasteiger partial charge in [0.15, 0.2) is 6.10 Å². The Kier molecular flexibility index (Phi) is 4.10. The van der Waals surface area contributed by atoms with Crippen LogP contribution in [0.4, 0.5) is 4.39 Å². The molecule has 0 fully saturated rings. The molecule has 8 heteroatoms. The van der Waals surface area contributed by atoms with Crippen LogP contribution in [0.5, 0.6) is 0 Å². The summed E-state index contributed by atoms with van der Waals surface area (Å²) in [6, 6.07) is 3.39. The molecule has 0 amide bonds. The highest BCUT2D eigenvalue weighted by molar-refractivity contribution is 5.93. The molecule has 2 aliphatic heterocycles. The first kappa shape index (κ1) is 19.6. The van der Waals surface area contributed by atoms with Gasteiger partial charge in [-0.1, -0.05) is 0 Å². The summed E-state index contributed by atoms with van der Waals surface area (Å²) in [6.45, 7) is 2.13. The second kappa shape index (κ2) is 6.70. The molecule has 1 unspecified atom stereocenters. The number of carbonyl (C=O) groups is 1. The fraction of sp³-hybridized carbons (Fsp3) is 0.375. The summed E-state index contributed by atoms with van der Waals surface area (Å²) in [4.78, 5) is 30.4. The zero-order valence-electron chi connectivity index (χ0n) is 18.0. The van der Waals surface area contributed by atoms with Crippen molar-refractivity contribution in [2.24, 2.45) is 0 Å². The molecule has 0 saturated carbocycles. The van der Waals surface area contributed by atoms with Crippen LogP contribution in [0, 0.1) is 12.7 Å². The number of hydrogen-bond acceptors (Lipinski definition) is 6. The Morgan fingerprint density at radius 1 is 1.25 bits per heavy atom. The van der Waals surface area contributed by atoms with Crippen molar-refractivity contribution in [2.45, 2.75) is 45.1 Å². The van der Waals surface area contributed by atoms with Crippen molar-refractivity contribution < 1.29 is 18.7 Å². The number of methoxy groups -OCH3 is 1. The van der Waals surface area contributed by atoms with E-state index in [0.29, 0.717) is 40.1 Å². The van der Waals surface area contributed by atoms with Crippen LogP contribution in [0.1, 0.15) is 51.9 Å². The van der Waals surface area contributed by atoms with Crippen molar-refractivity contribution in [3.05, 3.63) is 61.7 Å². The number of aromatic nitrogens is 2. The number of cyclic esters (lactones) is 1. The smallest absolute Gasteiger partial charge is 0.340 e. The van der Waals surface area contributed by atoms with Gasteiger partial charge >= 0.3 is 5.97 Å². The Labute approximate surface area is 183 Å². The Morgan fingerprint density at radius 3 is 2.81 bits per heavy atom. The second-order valence-corrected chi connectivity index (χ2v) is 8.67. The fourth-order valence-corrected chi connectivity index (χ4v) is 5.60. The summed E-state index contributed by atoms with van der Waals surface area (Å²) in [5.41, 5.74) is 6.36. The van der Waals surface area contributed by atoms with Crippen molar-refractivity contribution in [1.29, 1.82) is 0 Å². The third-order valence-electron chi connectivity index (χ3n) is 7.21. The number of nitrogens with zero attached hydrogens (tertiary/aromatic N) is 2. The van der Waals surface area contributed by atoms with Crippen LogP contribution in [0.15, 0.2) is 16.9 Å². The lowest BCUT2D eigenvalue weighted by atomic mass is 9.82. The largest absolute Gasteiger partial charge is 0.458 e. The van der Waals surface area contributed by atoms with E-state index < -0.39 is 12.1 Å². The van der Waals surface area contributed by atoms with Crippen LogP contribution in [0.25, 0.3) is 22.3 Å². The molecular formula is C24H22FN3O4. The Morgan fingerprint density at radius 2 is 2.06 bits per heavy atom. The van der Waals surface area contributed by atoms with E-state index in [9.17, 15) is 14.0 Å². The molecule has 3 aromatic rings. The normalized spacial score (nSPS) is 20.7. The van der Waals surface area contributed by atoms with Gasteiger partial charge in [0, 0.05) is 35.7 Å². The number of halogens is 1. The zero-order chi connectivity index (χ0) is 22.3. The molecule has 1 N–H and O–H groups in total. The van der Waals surface area contributed by atoms with Gasteiger partial charge in [-0.3, -0.25) is 4.79 Å². The van der Waals surface area contributed by atoms with Crippen molar-refractivity contribution >= 4 is 16.9 Å². The SMILES string of the molecule is CN[C@H]1CCc2c(C)c(F)cc3nc4c(c1c23)Cn1c-4cc2c(c1=O)COC(=O)C2OC. The van der Waals surface area contributed by atoms with Crippen LogP contribution < -0.4 is 10.9 Å². The van der Waals surface area contributed by atoms with E-state index in [-0.39, 0.29) is 24.0 Å². The molecule has 164 valence electrons. The number of fused-ring (bicyclic) bond motifs is 5. The first-order valence-electron chi connectivity index (χ1n) is 10.7. The molecule has 6 rings (SSSR count). The summed E-state index contributed by atoms with van der Waals surface area (Å²) in [6.07, 6.45) is 0.668. The average molecular weight is 435 g/mol. The molecular weight excluding hydrogens is 413 g/mol. The third-order valence-corrected chi connectivity index (χ3v) is 7.21. The van der Waals surface area contributed by atoms with E-state index in [1.807, 2.05) is 20.0 Å². The van der Waals surface area contributed by atoms with E-state index in [0.717, 1.165) is 34.9 Å². The molecule has 2 atom stereocenters. The Hall–Kier alpha value is -3.10. The lowest BCUT2D eigenvalue weighted by Crippen LogP contribution is -2.33. The summed E-state index contributed by atoms with van der Waals surface area (Å²) < 4.78 is 26.9. The number of aryl methyl sites for hydroxylation is 1. The quantitative estimate of drug-likeness (QED) is 0.488. The molecule has 0 bridgehead atoms. The molecule has 4 heterocycles. The van der Waals surface area contributed by atoms with E-state index >= 15 is 0 Å². The highest BCUT2D eigenvalue weighted by Crippen LogP contribution is 2.45. The van der Waals surface area contributed by atoms with Crippen LogP contribution in [-0.2, 0) is 33.8 Å². The van der Waals surface area contributed by atoms with Gasteiger partial charge in [0.05, 0.1) is 29.0 Å². The number of pyridine rings is 2. The number of nitrogens with one attached hydrogen (secondary N) is 1. The minimum atomic E-state index is -0.947. The molecule has 32 heavy (non-hydrogen) atoms.